The van der Waals surface area contributed by atoms with Crippen LogP contribution in [0.4, 0.5) is 11.4 Å². The summed E-state index contributed by atoms with van der Waals surface area (Å²) in [5.41, 5.74) is 12.8. The predicted octanol–water partition coefficient (Wildman–Crippen LogP) is 8.35. The van der Waals surface area contributed by atoms with Gasteiger partial charge in [0.1, 0.15) is 0 Å². The second kappa shape index (κ2) is 6.84. The third kappa shape index (κ3) is 2.66. The summed E-state index contributed by atoms with van der Waals surface area (Å²) in [5.74, 6) is 1.28. The summed E-state index contributed by atoms with van der Waals surface area (Å²) in [7, 11) is 0. The van der Waals surface area contributed by atoms with E-state index in [0.717, 1.165) is 6.42 Å². The first-order valence-electron chi connectivity index (χ1n) is 12.3. The van der Waals surface area contributed by atoms with E-state index in [1.54, 1.807) is 0 Å². The molecule has 162 valence electrons. The van der Waals surface area contributed by atoms with Gasteiger partial charge in [-0.2, -0.15) is 0 Å². The van der Waals surface area contributed by atoms with Crippen LogP contribution in [0.25, 0.3) is 22.3 Å². The van der Waals surface area contributed by atoms with Crippen LogP contribution in [0.3, 0.4) is 0 Å². The number of anilines is 2. The zero-order valence-corrected chi connectivity index (χ0v) is 19.4. The van der Waals surface area contributed by atoms with Crippen LogP contribution in [0.15, 0.2) is 91.0 Å². The molecule has 0 amide bonds. The second-order valence-electron chi connectivity index (χ2n) is 10.5. The molecule has 33 heavy (non-hydrogen) atoms. The third-order valence-corrected chi connectivity index (χ3v) is 8.60. The molecule has 1 fully saturated rings. The lowest BCUT2D eigenvalue weighted by atomic mass is 9.82. The fraction of sp³-hybridized carbons (Fsp3) is 0.250. The number of rotatable bonds is 2. The topological polar surface area (TPSA) is 3.24 Å². The summed E-state index contributed by atoms with van der Waals surface area (Å²) in [6.07, 6.45) is 3.59. The van der Waals surface area contributed by atoms with Gasteiger partial charge in [0, 0.05) is 22.8 Å². The van der Waals surface area contributed by atoms with Gasteiger partial charge in [0.2, 0.25) is 0 Å². The number of benzene rings is 4. The summed E-state index contributed by atoms with van der Waals surface area (Å²) in [6.45, 7) is 4.94. The Balaban J connectivity index is 1.34. The van der Waals surface area contributed by atoms with Gasteiger partial charge in [0.15, 0.2) is 0 Å². The molecule has 1 aliphatic heterocycles. The Kier molecular flexibility index (Phi) is 3.97. The van der Waals surface area contributed by atoms with Gasteiger partial charge in [-0.1, -0.05) is 73.7 Å². The summed E-state index contributed by atoms with van der Waals surface area (Å²) in [5, 5.41) is 0. The highest BCUT2D eigenvalue weighted by atomic mass is 15.2. The molecule has 3 unspecified atom stereocenters. The molecule has 0 saturated heterocycles. The number of fused-ring (bicyclic) bond motifs is 6. The average Bonchev–Trinajstić information content (AvgIpc) is 3.45. The van der Waals surface area contributed by atoms with E-state index in [2.05, 4.69) is 110 Å². The maximum Gasteiger partial charge on any atom is 0.0495 e. The van der Waals surface area contributed by atoms with Gasteiger partial charge in [0.05, 0.1) is 0 Å². The standard InChI is InChI=1S/C32H29N/c1-21-16-17-32(2)31(21)29-20-23(13-15-30(29)33(32)26-9-4-3-5-10-26)22-12-14-28-25(18-22)19-24-8-6-7-11-27(24)28/h3-15,18,20-21,31H,16-17,19H2,1-2H3. The molecule has 2 aliphatic carbocycles. The largest absolute Gasteiger partial charge is 0.335 e. The van der Waals surface area contributed by atoms with Crippen LogP contribution in [0.2, 0.25) is 0 Å². The lowest BCUT2D eigenvalue weighted by molar-refractivity contribution is 0.414. The minimum absolute atomic E-state index is 0.154. The Bertz CT molecular complexity index is 1390. The average molecular weight is 428 g/mol. The molecule has 0 spiro atoms. The van der Waals surface area contributed by atoms with Gasteiger partial charge in [-0.3, -0.25) is 0 Å². The van der Waals surface area contributed by atoms with E-state index in [4.69, 9.17) is 0 Å². The minimum atomic E-state index is 0.154. The van der Waals surface area contributed by atoms with Crippen molar-refractivity contribution in [2.24, 2.45) is 5.92 Å². The van der Waals surface area contributed by atoms with Crippen molar-refractivity contribution in [3.63, 3.8) is 0 Å². The summed E-state index contributed by atoms with van der Waals surface area (Å²) in [6, 6.07) is 34.2. The van der Waals surface area contributed by atoms with Crippen molar-refractivity contribution in [3.05, 3.63) is 108 Å². The molecule has 0 bridgehead atoms. The van der Waals surface area contributed by atoms with E-state index in [9.17, 15) is 0 Å². The van der Waals surface area contributed by atoms with E-state index >= 15 is 0 Å². The molecule has 0 N–H and O–H groups in total. The molecule has 7 rings (SSSR count). The van der Waals surface area contributed by atoms with Gasteiger partial charge in [-0.05, 0) is 95.3 Å². The Hall–Kier alpha value is -3.32. The van der Waals surface area contributed by atoms with Crippen molar-refractivity contribution in [3.8, 4) is 22.3 Å². The number of hydrogen-bond donors (Lipinski definition) is 0. The smallest absolute Gasteiger partial charge is 0.0495 e. The minimum Gasteiger partial charge on any atom is -0.335 e. The Labute approximate surface area is 196 Å². The van der Waals surface area contributed by atoms with Crippen molar-refractivity contribution in [2.45, 2.75) is 44.6 Å². The van der Waals surface area contributed by atoms with Crippen LogP contribution in [0.1, 0.15) is 49.3 Å². The number of para-hydroxylation sites is 1. The molecular formula is C32H29N. The van der Waals surface area contributed by atoms with Crippen LogP contribution in [0, 0.1) is 5.92 Å². The molecule has 4 aromatic carbocycles. The second-order valence-corrected chi connectivity index (χ2v) is 10.5. The van der Waals surface area contributed by atoms with Crippen molar-refractivity contribution in [2.75, 3.05) is 4.90 Å². The summed E-state index contributed by atoms with van der Waals surface area (Å²) in [4.78, 5) is 2.64. The van der Waals surface area contributed by atoms with E-state index in [-0.39, 0.29) is 5.54 Å². The normalized spacial score (nSPS) is 24.4. The van der Waals surface area contributed by atoms with Gasteiger partial charge in [-0.25, -0.2) is 0 Å². The lowest BCUT2D eigenvalue weighted by Gasteiger charge is -2.38. The molecule has 0 radical (unpaired) electrons. The van der Waals surface area contributed by atoms with Crippen LogP contribution >= 0.6 is 0 Å². The highest BCUT2D eigenvalue weighted by Crippen LogP contribution is 2.61. The molecule has 1 heterocycles. The fourth-order valence-electron chi connectivity index (χ4n) is 7.15. The highest BCUT2D eigenvalue weighted by Gasteiger charge is 2.54. The fourth-order valence-corrected chi connectivity index (χ4v) is 7.15. The van der Waals surface area contributed by atoms with E-state index < -0.39 is 0 Å². The zero-order valence-electron chi connectivity index (χ0n) is 19.4. The van der Waals surface area contributed by atoms with Crippen LogP contribution in [-0.4, -0.2) is 5.54 Å². The summed E-state index contributed by atoms with van der Waals surface area (Å²) < 4.78 is 0. The van der Waals surface area contributed by atoms with Crippen molar-refractivity contribution in [1.82, 2.24) is 0 Å². The summed E-state index contributed by atoms with van der Waals surface area (Å²) >= 11 is 0. The van der Waals surface area contributed by atoms with Gasteiger partial charge >= 0.3 is 0 Å². The van der Waals surface area contributed by atoms with Crippen molar-refractivity contribution >= 4 is 11.4 Å². The maximum absolute atomic E-state index is 2.64. The highest BCUT2D eigenvalue weighted by molar-refractivity contribution is 5.83. The van der Waals surface area contributed by atoms with E-state index in [1.807, 2.05) is 0 Å². The Morgan fingerprint density at radius 2 is 1.48 bits per heavy atom. The van der Waals surface area contributed by atoms with E-state index in [0.29, 0.717) is 11.8 Å². The van der Waals surface area contributed by atoms with Gasteiger partial charge < -0.3 is 4.90 Å². The quantitative estimate of drug-likeness (QED) is 0.274. The first-order valence-corrected chi connectivity index (χ1v) is 12.3. The van der Waals surface area contributed by atoms with Crippen molar-refractivity contribution < 1.29 is 0 Å². The van der Waals surface area contributed by atoms with Crippen LogP contribution in [0.5, 0.6) is 0 Å². The zero-order chi connectivity index (χ0) is 22.2. The molecule has 1 heteroatoms. The molecule has 4 aromatic rings. The first kappa shape index (κ1) is 19.2. The molecular weight excluding hydrogens is 398 g/mol. The molecule has 1 saturated carbocycles. The number of nitrogens with zero attached hydrogens (tertiary/aromatic N) is 1. The lowest BCUT2D eigenvalue weighted by Crippen LogP contribution is -2.40. The van der Waals surface area contributed by atoms with Crippen molar-refractivity contribution in [1.29, 1.82) is 0 Å². The first-order chi connectivity index (χ1) is 16.1. The van der Waals surface area contributed by atoms with Crippen LogP contribution < -0.4 is 4.90 Å². The Morgan fingerprint density at radius 3 is 2.36 bits per heavy atom. The monoisotopic (exact) mass is 427 g/mol. The molecule has 3 aliphatic rings. The molecule has 1 nitrogen and oxygen atoms in total. The van der Waals surface area contributed by atoms with Gasteiger partial charge in [0.25, 0.3) is 0 Å². The number of hydrogen-bond acceptors (Lipinski definition) is 1. The van der Waals surface area contributed by atoms with E-state index in [1.165, 1.54) is 63.2 Å². The Morgan fingerprint density at radius 1 is 0.758 bits per heavy atom. The molecule has 3 atom stereocenters. The SMILES string of the molecule is CC1CCC2(C)C1c1cc(-c3ccc4c(c3)Cc3ccccc3-4)ccc1N2c1ccccc1. The van der Waals surface area contributed by atoms with Gasteiger partial charge in [-0.15, -0.1) is 0 Å². The van der Waals surface area contributed by atoms with Crippen LogP contribution in [-0.2, 0) is 6.42 Å². The third-order valence-electron chi connectivity index (χ3n) is 8.60. The maximum atomic E-state index is 2.64. The molecule has 0 aromatic heterocycles. The predicted molar refractivity (Wildman–Crippen MR) is 138 cm³/mol.